The van der Waals surface area contributed by atoms with E-state index in [1.54, 1.807) is 7.11 Å². The average Bonchev–Trinajstić information content (AvgIpc) is 2.45. The van der Waals surface area contributed by atoms with E-state index in [4.69, 9.17) is 10.5 Å². The number of benzene rings is 2. The van der Waals surface area contributed by atoms with Crippen molar-refractivity contribution in [2.45, 2.75) is 32.2 Å². The molecule has 0 bridgehead atoms. The van der Waals surface area contributed by atoms with Crippen molar-refractivity contribution in [3.63, 3.8) is 0 Å². The maximum atomic E-state index is 6.27. The van der Waals surface area contributed by atoms with E-state index in [1.807, 2.05) is 6.07 Å². The molecule has 1 unspecified atom stereocenters. The van der Waals surface area contributed by atoms with Crippen molar-refractivity contribution in [3.05, 3.63) is 63.6 Å². The van der Waals surface area contributed by atoms with Crippen LogP contribution in [0.2, 0.25) is 0 Å². The molecule has 3 heteroatoms. The molecular formula is C18H22BrNO. The van der Waals surface area contributed by atoms with E-state index in [2.05, 4.69) is 59.3 Å². The fourth-order valence-corrected chi connectivity index (χ4v) is 3.05. The number of methoxy groups -OCH3 is 1. The molecule has 0 aromatic heterocycles. The molecule has 0 aliphatic heterocycles. The number of nitrogens with two attached hydrogens (primary N) is 1. The third kappa shape index (κ3) is 4.87. The summed E-state index contributed by atoms with van der Waals surface area (Å²) in [7, 11) is 1.67. The molecule has 0 heterocycles. The first-order chi connectivity index (χ1) is 10.1. The minimum atomic E-state index is 0.172. The molecule has 0 spiro atoms. The van der Waals surface area contributed by atoms with E-state index in [9.17, 15) is 0 Å². The van der Waals surface area contributed by atoms with Gasteiger partial charge < -0.3 is 10.5 Å². The van der Waals surface area contributed by atoms with Crippen LogP contribution in [0.25, 0.3) is 0 Å². The fourth-order valence-electron chi connectivity index (χ4n) is 2.46. The first kappa shape index (κ1) is 16.1. The van der Waals surface area contributed by atoms with Gasteiger partial charge in [-0.05, 0) is 65.4 Å². The summed E-state index contributed by atoms with van der Waals surface area (Å²) < 4.78 is 6.22. The predicted octanol–water partition coefficient (Wildman–Crippen LogP) is 4.27. The summed E-state index contributed by atoms with van der Waals surface area (Å²) in [6.07, 6.45) is 2.90. The van der Waals surface area contributed by atoms with Crippen molar-refractivity contribution < 1.29 is 4.74 Å². The van der Waals surface area contributed by atoms with Gasteiger partial charge in [0.05, 0.1) is 11.6 Å². The summed E-state index contributed by atoms with van der Waals surface area (Å²) >= 11 is 3.52. The van der Waals surface area contributed by atoms with Crippen molar-refractivity contribution in [2.75, 3.05) is 7.11 Å². The van der Waals surface area contributed by atoms with Crippen LogP contribution < -0.4 is 10.5 Å². The minimum Gasteiger partial charge on any atom is -0.496 e. The van der Waals surface area contributed by atoms with Crippen LogP contribution in [0.5, 0.6) is 5.75 Å². The zero-order chi connectivity index (χ0) is 15.2. The molecule has 0 saturated carbocycles. The number of rotatable bonds is 6. The van der Waals surface area contributed by atoms with Crippen LogP contribution in [0.4, 0.5) is 0 Å². The predicted molar refractivity (Wildman–Crippen MR) is 91.9 cm³/mol. The number of aryl methyl sites for hydroxylation is 2. The van der Waals surface area contributed by atoms with E-state index >= 15 is 0 Å². The zero-order valence-corrected chi connectivity index (χ0v) is 14.2. The lowest BCUT2D eigenvalue weighted by Gasteiger charge is -2.13. The van der Waals surface area contributed by atoms with E-state index in [1.165, 1.54) is 16.7 Å². The Bertz CT molecular complexity index is 598. The van der Waals surface area contributed by atoms with E-state index in [0.29, 0.717) is 0 Å². The van der Waals surface area contributed by atoms with E-state index in [-0.39, 0.29) is 6.04 Å². The van der Waals surface area contributed by atoms with Gasteiger partial charge in [0.25, 0.3) is 0 Å². The molecular weight excluding hydrogens is 326 g/mol. The smallest absolute Gasteiger partial charge is 0.133 e. The molecule has 2 aromatic carbocycles. The summed E-state index contributed by atoms with van der Waals surface area (Å²) in [5.41, 5.74) is 10.2. The second kappa shape index (κ2) is 7.62. The summed E-state index contributed by atoms with van der Waals surface area (Å²) in [5.74, 6) is 0.854. The van der Waals surface area contributed by atoms with Crippen molar-refractivity contribution in [1.29, 1.82) is 0 Å². The Morgan fingerprint density at radius 3 is 2.62 bits per heavy atom. The largest absolute Gasteiger partial charge is 0.496 e. The molecule has 2 aromatic rings. The van der Waals surface area contributed by atoms with Gasteiger partial charge in [-0.3, -0.25) is 0 Å². The Balaban J connectivity index is 1.89. The summed E-state index contributed by atoms with van der Waals surface area (Å²) in [4.78, 5) is 0. The highest BCUT2D eigenvalue weighted by atomic mass is 79.9. The topological polar surface area (TPSA) is 35.2 Å². The maximum Gasteiger partial charge on any atom is 0.133 e. The normalized spacial score (nSPS) is 12.2. The van der Waals surface area contributed by atoms with Crippen molar-refractivity contribution in [3.8, 4) is 5.75 Å². The minimum absolute atomic E-state index is 0.172. The fraction of sp³-hybridized carbons (Fsp3) is 0.333. The SMILES string of the molecule is COc1ccc(CC(N)CCc2cccc(C)c2)cc1Br. The quantitative estimate of drug-likeness (QED) is 0.846. The molecule has 0 radical (unpaired) electrons. The van der Waals surface area contributed by atoms with E-state index < -0.39 is 0 Å². The van der Waals surface area contributed by atoms with Crippen molar-refractivity contribution >= 4 is 15.9 Å². The summed E-state index contributed by atoms with van der Waals surface area (Å²) in [6, 6.07) is 15.0. The highest BCUT2D eigenvalue weighted by Gasteiger charge is 2.07. The molecule has 0 amide bonds. The van der Waals surface area contributed by atoms with Gasteiger partial charge in [-0.2, -0.15) is 0 Å². The van der Waals surface area contributed by atoms with Crippen LogP contribution >= 0.6 is 15.9 Å². The molecule has 112 valence electrons. The van der Waals surface area contributed by atoms with Gasteiger partial charge in [0.2, 0.25) is 0 Å². The highest BCUT2D eigenvalue weighted by Crippen LogP contribution is 2.26. The van der Waals surface area contributed by atoms with Crippen LogP contribution in [-0.2, 0) is 12.8 Å². The van der Waals surface area contributed by atoms with Gasteiger partial charge in [-0.15, -0.1) is 0 Å². The molecule has 2 N–H and O–H groups in total. The second-order valence-electron chi connectivity index (χ2n) is 5.46. The molecule has 1 atom stereocenters. The van der Waals surface area contributed by atoms with Crippen LogP contribution in [0.1, 0.15) is 23.1 Å². The van der Waals surface area contributed by atoms with Gasteiger partial charge >= 0.3 is 0 Å². The lowest BCUT2D eigenvalue weighted by Crippen LogP contribution is -2.23. The molecule has 21 heavy (non-hydrogen) atoms. The molecule has 0 fully saturated rings. The first-order valence-electron chi connectivity index (χ1n) is 7.22. The van der Waals surface area contributed by atoms with Crippen LogP contribution in [0.15, 0.2) is 46.9 Å². The third-order valence-corrected chi connectivity index (χ3v) is 4.22. The molecule has 0 aliphatic rings. The number of hydrogen-bond donors (Lipinski definition) is 1. The van der Waals surface area contributed by atoms with Crippen molar-refractivity contribution in [2.24, 2.45) is 5.73 Å². The van der Waals surface area contributed by atoms with Gasteiger partial charge in [0.15, 0.2) is 0 Å². The van der Waals surface area contributed by atoms with Crippen LogP contribution in [0, 0.1) is 6.92 Å². The highest BCUT2D eigenvalue weighted by molar-refractivity contribution is 9.10. The molecule has 0 aliphatic carbocycles. The van der Waals surface area contributed by atoms with Gasteiger partial charge in [0, 0.05) is 6.04 Å². The third-order valence-electron chi connectivity index (χ3n) is 3.60. The lowest BCUT2D eigenvalue weighted by molar-refractivity contribution is 0.412. The van der Waals surface area contributed by atoms with Gasteiger partial charge in [-0.25, -0.2) is 0 Å². The Morgan fingerprint density at radius 2 is 1.95 bits per heavy atom. The summed E-state index contributed by atoms with van der Waals surface area (Å²) in [5, 5.41) is 0. The van der Waals surface area contributed by atoms with Crippen LogP contribution in [-0.4, -0.2) is 13.2 Å². The number of halogens is 1. The average molecular weight is 348 g/mol. The Kier molecular flexibility index (Phi) is 5.83. The number of hydrogen-bond acceptors (Lipinski definition) is 2. The first-order valence-corrected chi connectivity index (χ1v) is 8.01. The Morgan fingerprint density at radius 1 is 1.14 bits per heavy atom. The summed E-state index contributed by atoms with van der Waals surface area (Å²) in [6.45, 7) is 2.12. The van der Waals surface area contributed by atoms with Gasteiger partial charge in [-0.1, -0.05) is 35.9 Å². The Labute approximate surface area is 135 Å². The Hall–Kier alpha value is -1.32. The molecule has 2 rings (SSSR count). The maximum absolute atomic E-state index is 6.27. The van der Waals surface area contributed by atoms with Crippen LogP contribution in [0.3, 0.4) is 0 Å². The molecule has 0 saturated heterocycles. The number of ether oxygens (including phenoxy) is 1. The lowest BCUT2D eigenvalue weighted by atomic mass is 9.99. The van der Waals surface area contributed by atoms with Crippen molar-refractivity contribution in [1.82, 2.24) is 0 Å². The zero-order valence-electron chi connectivity index (χ0n) is 12.6. The molecule has 2 nitrogen and oxygen atoms in total. The van der Waals surface area contributed by atoms with Gasteiger partial charge in [0.1, 0.15) is 5.75 Å². The second-order valence-corrected chi connectivity index (χ2v) is 6.32. The monoisotopic (exact) mass is 347 g/mol. The van der Waals surface area contributed by atoms with E-state index in [0.717, 1.165) is 29.5 Å². The standard InChI is InChI=1S/C18H22BrNO/c1-13-4-3-5-14(10-13)6-8-16(20)11-15-7-9-18(21-2)17(19)12-15/h3-5,7,9-10,12,16H,6,8,11,20H2,1-2H3.